The van der Waals surface area contributed by atoms with Crippen LogP contribution in [0.4, 0.5) is 0 Å². The molecule has 108 valence electrons. The average Bonchev–Trinajstić information content (AvgIpc) is 3.00. The fraction of sp³-hybridized carbons (Fsp3) is 0.0588. The van der Waals surface area contributed by atoms with Crippen LogP contribution in [-0.2, 0) is 26.2 Å². The van der Waals surface area contributed by atoms with E-state index in [9.17, 15) is 0 Å². The van der Waals surface area contributed by atoms with Gasteiger partial charge >= 0.3 is 26.2 Å². The molecule has 2 N–H and O–H groups in total. The minimum Gasteiger partial charge on any atom is -1.00 e. The predicted molar refractivity (Wildman–Crippen MR) is 77.8 cm³/mol. The molecule has 0 radical (unpaired) electrons. The van der Waals surface area contributed by atoms with Gasteiger partial charge in [-0.2, -0.15) is 6.08 Å². The van der Waals surface area contributed by atoms with Crippen molar-refractivity contribution in [3.8, 4) is 11.5 Å². The van der Waals surface area contributed by atoms with E-state index in [-0.39, 0.29) is 38.6 Å². The van der Waals surface area contributed by atoms with Gasteiger partial charge in [-0.05, 0) is 24.3 Å². The maximum absolute atomic E-state index is 8.63. The summed E-state index contributed by atoms with van der Waals surface area (Å²) in [7, 11) is 0. The topological polar surface area (TPSA) is 40.5 Å². The fourth-order valence-electron chi connectivity index (χ4n) is 1.20. The summed E-state index contributed by atoms with van der Waals surface area (Å²) in [6.45, 7) is 0. The van der Waals surface area contributed by atoms with Crippen LogP contribution in [0.3, 0.4) is 0 Å². The van der Waals surface area contributed by atoms with E-state index in [2.05, 4.69) is 12.2 Å². The van der Waals surface area contributed by atoms with Crippen LogP contribution in [0.5, 0.6) is 11.5 Å². The standard InChI is InChI=1S/2C6H6O.C5H5.ClH.Zr/c2*7-6-4-2-1-3-5-6;1-2-4-5-3-1;;/h2*1-5,7H;1-3H,4H2;1H;/q;;-1;;+2/p-1. The Morgan fingerprint density at radius 3 is 1.33 bits per heavy atom. The number of allylic oxidation sites excluding steroid dienone is 4. The molecule has 4 heteroatoms. The minimum absolute atomic E-state index is 0. The summed E-state index contributed by atoms with van der Waals surface area (Å²) < 4.78 is 0. The van der Waals surface area contributed by atoms with E-state index in [1.807, 2.05) is 24.3 Å². The summed E-state index contributed by atoms with van der Waals surface area (Å²) >= 11 is 0. The number of hydrogen-bond acceptors (Lipinski definition) is 2. The normalized spacial score (nSPS) is 9.90. The third kappa shape index (κ3) is 13.4. The molecule has 1 aliphatic rings. The molecule has 2 aromatic rings. The van der Waals surface area contributed by atoms with Crippen molar-refractivity contribution < 1.29 is 48.8 Å². The van der Waals surface area contributed by atoms with E-state index < -0.39 is 0 Å². The molecular weight excluding hydrogens is 363 g/mol. The molecule has 2 aromatic carbocycles. The molecule has 0 unspecified atom stereocenters. The molecule has 0 atom stereocenters. The van der Waals surface area contributed by atoms with Gasteiger partial charge in [-0.15, -0.1) is 6.42 Å². The van der Waals surface area contributed by atoms with Gasteiger partial charge in [-0.25, -0.2) is 12.2 Å². The summed E-state index contributed by atoms with van der Waals surface area (Å²) in [6.07, 6.45) is 10.0. The van der Waals surface area contributed by atoms with Gasteiger partial charge < -0.3 is 22.6 Å². The number of aromatic hydroxyl groups is 2. The Hall–Kier alpha value is -1.31. The molecule has 0 heterocycles. The third-order valence-electron chi connectivity index (χ3n) is 2.10. The Morgan fingerprint density at radius 2 is 1.19 bits per heavy atom. The van der Waals surface area contributed by atoms with E-state index in [0.717, 1.165) is 6.42 Å². The maximum atomic E-state index is 8.63. The number of hydrogen-bond donors (Lipinski definition) is 2. The van der Waals surface area contributed by atoms with E-state index in [1.165, 1.54) is 0 Å². The number of para-hydroxylation sites is 2. The quantitative estimate of drug-likeness (QED) is 0.673. The first-order valence-corrected chi connectivity index (χ1v) is 5.99. The largest absolute Gasteiger partial charge is 2.00 e. The van der Waals surface area contributed by atoms with Gasteiger partial charge in [0, 0.05) is 0 Å². The second-order valence-corrected chi connectivity index (χ2v) is 3.67. The van der Waals surface area contributed by atoms with Crippen molar-refractivity contribution in [1.29, 1.82) is 0 Å². The molecule has 21 heavy (non-hydrogen) atoms. The Bertz CT molecular complexity index is 451. The average molecular weight is 380 g/mol. The molecule has 0 saturated heterocycles. The Morgan fingerprint density at radius 1 is 0.762 bits per heavy atom. The van der Waals surface area contributed by atoms with Crippen LogP contribution in [0.15, 0.2) is 78.9 Å². The Labute approximate surface area is 151 Å². The number of halogens is 1. The molecule has 0 fully saturated rings. The van der Waals surface area contributed by atoms with Crippen molar-refractivity contribution in [3.63, 3.8) is 0 Å². The van der Waals surface area contributed by atoms with Gasteiger partial charge in [-0.3, -0.25) is 6.08 Å². The van der Waals surface area contributed by atoms with Gasteiger partial charge in [0.15, 0.2) is 0 Å². The van der Waals surface area contributed by atoms with Crippen LogP contribution in [0, 0.1) is 6.08 Å². The molecule has 0 spiro atoms. The van der Waals surface area contributed by atoms with Gasteiger partial charge in [0.05, 0.1) is 0 Å². The van der Waals surface area contributed by atoms with Crippen molar-refractivity contribution in [2.75, 3.05) is 0 Å². The third-order valence-corrected chi connectivity index (χ3v) is 2.10. The second kappa shape index (κ2) is 15.1. The van der Waals surface area contributed by atoms with Gasteiger partial charge in [0.25, 0.3) is 0 Å². The predicted octanol–water partition coefficient (Wildman–Crippen LogP) is 1.09. The zero-order chi connectivity index (χ0) is 13.8. The van der Waals surface area contributed by atoms with Crippen molar-refractivity contribution in [2.45, 2.75) is 6.42 Å². The molecule has 2 nitrogen and oxygen atoms in total. The number of benzene rings is 2. The van der Waals surface area contributed by atoms with Gasteiger partial charge in [0.1, 0.15) is 11.5 Å². The Balaban J connectivity index is 0. The zero-order valence-electron chi connectivity index (χ0n) is 11.5. The molecule has 0 amide bonds. The minimum atomic E-state index is 0. The van der Waals surface area contributed by atoms with Gasteiger partial charge in [-0.1, -0.05) is 36.4 Å². The van der Waals surface area contributed by atoms with Crippen LogP contribution in [0.2, 0.25) is 0 Å². The first-order chi connectivity index (χ1) is 9.29. The molecule has 3 rings (SSSR count). The van der Waals surface area contributed by atoms with Crippen LogP contribution in [0.25, 0.3) is 0 Å². The summed E-state index contributed by atoms with van der Waals surface area (Å²) in [5, 5.41) is 17.3. The summed E-state index contributed by atoms with van der Waals surface area (Å²) in [5.41, 5.74) is 0. The molecule has 0 aromatic heterocycles. The van der Waals surface area contributed by atoms with Crippen molar-refractivity contribution in [2.24, 2.45) is 0 Å². The molecular formula is C17H17ClO2Zr. The first-order valence-electron chi connectivity index (χ1n) is 5.99. The van der Waals surface area contributed by atoms with Crippen LogP contribution < -0.4 is 12.4 Å². The Kier molecular flexibility index (Phi) is 15.8. The summed E-state index contributed by atoms with van der Waals surface area (Å²) in [4.78, 5) is 0. The van der Waals surface area contributed by atoms with Crippen LogP contribution in [-0.4, -0.2) is 10.2 Å². The molecule has 0 saturated carbocycles. The SMILES string of the molecule is Oc1ccccc1.Oc1ccccc1.[C-]1=CC=CC1.[Cl-].[Zr+2]. The van der Waals surface area contributed by atoms with E-state index >= 15 is 0 Å². The van der Waals surface area contributed by atoms with Crippen LogP contribution in [0.1, 0.15) is 6.42 Å². The van der Waals surface area contributed by atoms with E-state index in [1.54, 1.807) is 48.5 Å². The first kappa shape index (κ1) is 22.0. The summed E-state index contributed by atoms with van der Waals surface area (Å²) in [5.74, 6) is 0.644. The molecule has 0 bridgehead atoms. The summed E-state index contributed by atoms with van der Waals surface area (Å²) in [6, 6.07) is 17.4. The van der Waals surface area contributed by atoms with Crippen molar-refractivity contribution >= 4 is 0 Å². The second-order valence-electron chi connectivity index (χ2n) is 3.67. The van der Waals surface area contributed by atoms with E-state index in [0.29, 0.717) is 11.5 Å². The monoisotopic (exact) mass is 378 g/mol. The molecule has 0 aliphatic heterocycles. The number of phenolic OH excluding ortho intramolecular Hbond substituents is 2. The number of rotatable bonds is 0. The molecule has 1 aliphatic carbocycles. The van der Waals surface area contributed by atoms with Crippen LogP contribution >= 0.6 is 0 Å². The zero-order valence-corrected chi connectivity index (χ0v) is 14.7. The van der Waals surface area contributed by atoms with Gasteiger partial charge in [0.2, 0.25) is 0 Å². The van der Waals surface area contributed by atoms with Crippen molar-refractivity contribution in [1.82, 2.24) is 0 Å². The fourth-order valence-corrected chi connectivity index (χ4v) is 1.20. The maximum Gasteiger partial charge on any atom is 2.00 e. The number of phenols is 2. The van der Waals surface area contributed by atoms with Crippen molar-refractivity contribution in [3.05, 3.63) is 85.0 Å². The smallest absolute Gasteiger partial charge is 1.00 e. The van der Waals surface area contributed by atoms with E-state index in [4.69, 9.17) is 10.2 Å².